The molecule has 2 aromatic rings. The maximum Gasteiger partial charge on any atom is 0.416 e. The molecule has 0 atom stereocenters. The van der Waals surface area contributed by atoms with Crippen LogP contribution < -0.4 is 0 Å². The van der Waals surface area contributed by atoms with E-state index in [9.17, 15) is 22.4 Å². The van der Waals surface area contributed by atoms with Gasteiger partial charge in [-0.3, -0.25) is 4.79 Å². The monoisotopic (exact) mass is 294 g/mol. The number of benzene rings is 2. The first-order valence-electron chi connectivity index (χ1n) is 6.00. The molecular formula is C16H10F4O. The van der Waals surface area contributed by atoms with E-state index in [1.54, 1.807) is 0 Å². The summed E-state index contributed by atoms with van der Waals surface area (Å²) in [4.78, 5) is 11.1. The minimum Gasteiger partial charge on any atom is -0.298 e. The van der Waals surface area contributed by atoms with Crippen LogP contribution in [-0.2, 0) is 11.0 Å². The van der Waals surface area contributed by atoms with Gasteiger partial charge in [0.15, 0.2) is 6.29 Å². The van der Waals surface area contributed by atoms with Gasteiger partial charge in [-0.15, -0.1) is 0 Å². The van der Waals surface area contributed by atoms with E-state index in [2.05, 4.69) is 0 Å². The first-order valence-corrected chi connectivity index (χ1v) is 6.00. The molecule has 0 saturated heterocycles. The van der Waals surface area contributed by atoms with E-state index in [-0.39, 0.29) is 5.57 Å². The third-order valence-corrected chi connectivity index (χ3v) is 2.86. The van der Waals surface area contributed by atoms with Crippen molar-refractivity contribution in [1.82, 2.24) is 0 Å². The molecule has 0 fully saturated rings. The summed E-state index contributed by atoms with van der Waals surface area (Å²) >= 11 is 0. The Morgan fingerprint density at radius 1 is 0.905 bits per heavy atom. The highest BCUT2D eigenvalue weighted by Gasteiger charge is 2.29. The average molecular weight is 294 g/mol. The Labute approximate surface area is 118 Å². The van der Waals surface area contributed by atoms with E-state index < -0.39 is 17.6 Å². The van der Waals surface area contributed by atoms with Gasteiger partial charge in [0.05, 0.1) is 5.56 Å². The van der Waals surface area contributed by atoms with Crippen LogP contribution in [0.15, 0.2) is 48.5 Å². The third-order valence-electron chi connectivity index (χ3n) is 2.86. The number of allylic oxidation sites excluding steroid dienone is 1. The summed E-state index contributed by atoms with van der Waals surface area (Å²) in [5, 5.41) is 0. The Balaban J connectivity index is 2.32. The zero-order valence-electron chi connectivity index (χ0n) is 10.7. The second kappa shape index (κ2) is 5.91. The van der Waals surface area contributed by atoms with E-state index in [0.717, 1.165) is 12.1 Å². The number of aldehydes is 1. The molecule has 0 N–H and O–H groups in total. The molecule has 0 spiro atoms. The van der Waals surface area contributed by atoms with E-state index in [0.29, 0.717) is 17.4 Å². The Hall–Kier alpha value is -2.43. The highest BCUT2D eigenvalue weighted by Crippen LogP contribution is 2.29. The van der Waals surface area contributed by atoms with Gasteiger partial charge in [0.1, 0.15) is 5.82 Å². The number of hydrogen-bond donors (Lipinski definition) is 0. The Bertz CT molecular complexity index is 652. The number of rotatable bonds is 3. The van der Waals surface area contributed by atoms with Gasteiger partial charge < -0.3 is 0 Å². The molecule has 0 bridgehead atoms. The van der Waals surface area contributed by atoms with Crippen molar-refractivity contribution >= 4 is 17.9 Å². The maximum absolute atomic E-state index is 12.8. The first-order chi connectivity index (χ1) is 9.90. The quantitative estimate of drug-likeness (QED) is 0.350. The van der Waals surface area contributed by atoms with E-state index in [4.69, 9.17) is 0 Å². The highest BCUT2D eigenvalue weighted by atomic mass is 19.4. The van der Waals surface area contributed by atoms with Gasteiger partial charge in [-0.05, 0) is 41.5 Å². The van der Waals surface area contributed by atoms with Gasteiger partial charge >= 0.3 is 6.18 Å². The van der Waals surface area contributed by atoms with Gasteiger partial charge in [0.2, 0.25) is 0 Å². The first kappa shape index (κ1) is 15.0. The molecule has 0 aliphatic carbocycles. The van der Waals surface area contributed by atoms with Crippen molar-refractivity contribution in [3.8, 4) is 0 Å². The van der Waals surface area contributed by atoms with E-state index in [1.807, 2.05) is 0 Å². The molecule has 21 heavy (non-hydrogen) atoms. The van der Waals surface area contributed by atoms with Crippen LogP contribution in [0.5, 0.6) is 0 Å². The SMILES string of the molecule is O=CC(=Cc1ccc(C(F)(F)F)cc1)c1ccc(F)cc1. The van der Waals surface area contributed by atoms with Crippen molar-refractivity contribution in [2.75, 3.05) is 0 Å². The third kappa shape index (κ3) is 3.78. The predicted molar refractivity (Wildman–Crippen MR) is 71.8 cm³/mol. The Morgan fingerprint density at radius 2 is 1.48 bits per heavy atom. The van der Waals surface area contributed by atoms with Gasteiger partial charge in [-0.2, -0.15) is 13.2 Å². The number of carbonyl (C=O) groups is 1. The summed E-state index contributed by atoms with van der Waals surface area (Å²) in [5.74, 6) is -0.432. The minimum absolute atomic E-state index is 0.259. The molecule has 108 valence electrons. The highest BCUT2D eigenvalue weighted by molar-refractivity contribution is 6.13. The number of alkyl halides is 3. The van der Waals surface area contributed by atoms with Crippen LogP contribution >= 0.6 is 0 Å². The minimum atomic E-state index is -4.40. The summed E-state index contributed by atoms with van der Waals surface area (Å²) < 4.78 is 50.2. The van der Waals surface area contributed by atoms with Crippen LogP contribution in [0.1, 0.15) is 16.7 Å². The van der Waals surface area contributed by atoms with Crippen molar-refractivity contribution in [2.24, 2.45) is 0 Å². The van der Waals surface area contributed by atoms with Crippen LogP contribution in [0.4, 0.5) is 17.6 Å². The molecule has 0 unspecified atom stereocenters. The number of hydrogen-bond acceptors (Lipinski definition) is 1. The second-order valence-corrected chi connectivity index (χ2v) is 4.34. The van der Waals surface area contributed by atoms with E-state index in [1.165, 1.54) is 42.5 Å². The molecule has 0 aliphatic heterocycles. The van der Waals surface area contributed by atoms with Crippen molar-refractivity contribution in [2.45, 2.75) is 6.18 Å². The van der Waals surface area contributed by atoms with Crippen LogP contribution in [0, 0.1) is 5.82 Å². The van der Waals surface area contributed by atoms with Crippen molar-refractivity contribution < 1.29 is 22.4 Å². The molecule has 0 aliphatic rings. The molecule has 0 aromatic heterocycles. The summed E-state index contributed by atoms with van der Waals surface area (Å²) in [7, 11) is 0. The molecule has 1 nitrogen and oxygen atoms in total. The van der Waals surface area contributed by atoms with Crippen molar-refractivity contribution in [3.63, 3.8) is 0 Å². The number of carbonyl (C=O) groups excluding carboxylic acids is 1. The van der Waals surface area contributed by atoms with Crippen molar-refractivity contribution in [3.05, 3.63) is 71.0 Å². The summed E-state index contributed by atoms with van der Waals surface area (Å²) in [5.41, 5.74) is 0.449. The Morgan fingerprint density at radius 3 is 1.95 bits per heavy atom. The summed E-state index contributed by atoms with van der Waals surface area (Å²) in [6, 6.07) is 9.71. The van der Waals surface area contributed by atoms with Crippen LogP contribution in [0.3, 0.4) is 0 Å². The topological polar surface area (TPSA) is 17.1 Å². The standard InChI is InChI=1S/C16H10F4O/c17-15-7-3-12(4-8-15)13(10-21)9-11-1-5-14(6-2-11)16(18,19)20/h1-10H. The zero-order chi connectivity index (χ0) is 15.5. The normalized spacial score (nSPS) is 12.3. The molecule has 0 saturated carbocycles. The average Bonchev–Trinajstić information content (AvgIpc) is 2.45. The summed E-state index contributed by atoms with van der Waals surface area (Å²) in [6.07, 6.45) is -2.38. The second-order valence-electron chi connectivity index (χ2n) is 4.34. The lowest BCUT2D eigenvalue weighted by Crippen LogP contribution is -2.04. The fourth-order valence-electron chi connectivity index (χ4n) is 1.78. The number of halogens is 4. The zero-order valence-corrected chi connectivity index (χ0v) is 10.7. The van der Waals surface area contributed by atoms with E-state index >= 15 is 0 Å². The predicted octanol–water partition coefficient (Wildman–Crippen LogP) is 4.58. The van der Waals surface area contributed by atoms with Gasteiger partial charge in [0.25, 0.3) is 0 Å². The fourth-order valence-corrected chi connectivity index (χ4v) is 1.78. The molecule has 2 rings (SSSR count). The maximum atomic E-state index is 12.8. The smallest absolute Gasteiger partial charge is 0.298 e. The lowest BCUT2D eigenvalue weighted by molar-refractivity contribution is -0.137. The summed E-state index contributed by atoms with van der Waals surface area (Å²) in [6.45, 7) is 0. The largest absolute Gasteiger partial charge is 0.416 e. The molecule has 0 heterocycles. The molecule has 0 radical (unpaired) electrons. The molecule has 5 heteroatoms. The van der Waals surface area contributed by atoms with Crippen LogP contribution in [0.25, 0.3) is 11.6 Å². The molecular weight excluding hydrogens is 284 g/mol. The van der Waals surface area contributed by atoms with Crippen LogP contribution in [-0.4, -0.2) is 6.29 Å². The fraction of sp³-hybridized carbons (Fsp3) is 0.0625. The Kier molecular flexibility index (Phi) is 4.21. The van der Waals surface area contributed by atoms with Gasteiger partial charge in [-0.25, -0.2) is 4.39 Å². The van der Waals surface area contributed by atoms with Gasteiger partial charge in [-0.1, -0.05) is 24.3 Å². The van der Waals surface area contributed by atoms with Crippen LogP contribution in [0.2, 0.25) is 0 Å². The molecule has 2 aromatic carbocycles. The lowest BCUT2D eigenvalue weighted by atomic mass is 10.0. The van der Waals surface area contributed by atoms with Gasteiger partial charge in [0, 0.05) is 5.57 Å². The molecule has 0 amide bonds. The van der Waals surface area contributed by atoms with Crippen molar-refractivity contribution in [1.29, 1.82) is 0 Å². The lowest BCUT2D eigenvalue weighted by Gasteiger charge is -2.06.